The number of ether oxygens (including phenoxy) is 1. The number of unbranched alkanes of at least 4 members (excludes halogenated alkanes) is 1. The smallest absolute Gasteiger partial charge is 0.305 e. The number of aliphatic imine (C=N–C) groups is 1. The van der Waals surface area contributed by atoms with Crippen molar-refractivity contribution < 1.29 is 9.53 Å². The highest BCUT2D eigenvalue weighted by Gasteiger charge is 2.20. The second kappa shape index (κ2) is 9.87. The summed E-state index contributed by atoms with van der Waals surface area (Å²) in [5.41, 5.74) is 1.31. The van der Waals surface area contributed by atoms with Gasteiger partial charge >= 0.3 is 5.97 Å². The number of rotatable bonds is 8. The summed E-state index contributed by atoms with van der Waals surface area (Å²) in [6.45, 7) is 5.99. The van der Waals surface area contributed by atoms with Gasteiger partial charge in [-0.05, 0) is 18.4 Å². The second-order valence-electron chi connectivity index (χ2n) is 6.14. The van der Waals surface area contributed by atoms with Crippen molar-refractivity contribution in [1.82, 2.24) is 10.6 Å². The zero-order valence-corrected chi connectivity index (χ0v) is 14.7. The zero-order chi connectivity index (χ0) is 17.1. The van der Waals surface area contributed by atoms with Crippen LogP contribution in [0.15, 0.2) is 35.3 Å². The van der Waals surface area contributed by atoms with E-state index in [9.17, 15) is 4.79 Å². The SMILES string of the molecule is CN=C(NCCCCC(=O)OC)NCC(C)(C)c1ccccc1. The summed E-state index contributed by atoms with van der Waals surface area (Å²) in [6.07, 6.45) is 2.18. The summed E-state index contributed by atoms with van der Waals surface area (Å²) < 4.78 is 4.62. The van der Waals surface area contributed by atoms with Crippen LogP contribution in [-0.4, -0.2) is 39.2 Å². The van der Waals surface area contributed by atoms with Crippen LogP contribution in [0.3, 0.4) is 0 Å². The molecule has 0 unspecified atom stereocenters. The van der Waals surface area contributed by atoms with Crippen LogP contribution >= 0.6 is 0 Å². The van der Waals surface area contributed by atoms with Crippen LogP contribution in [0.4, 0.5) is 0 Å². The molecule has 0 aliphatic carbocycles. The molecule has 0 aliphatic rings. The molecule has 0 amide bonds. The fourth-order valence-corrected chi connectivity index (χ4v) is 2.22. The molecule has 0 saturated carbocycles. The summed E-state index contributed by atoms with van der Waals surface area (Å²) in [7, 11) is 3.18. The molecule has 1 aromatic rings. The van der Waals surface area contributed by atoms with Crippen LogP contribution in [0.2, 0.25) is 0 Å². The molecule has 23 heavy (non-hydrogen) atoms. The molecule has 0 heterocycles. The number of benzene rings is 1. The standard InChI is InChI=1S/C18H29N3O2/c1-18(2,15-10-6-5-7-11-15)14-21-17(19-3)20-13-9-8-12-16(22)23-4/h5-7,10-11H,8-9,12-14H2,1-4H3,(H2,19,20,21). The predicted octanol–water partition coefficient (Wildman–Crippen LogP) is 2.47. The number of nitrogens with one attached hydrogen (secondary N) is 2. The first-order chi connectivity index (χ1) is 11.0. The van der Waals surface area contributed by atoms with Crippen molar-refractivity contribution >= 4 is 11.9 Å². The molecule has 0 radical (unpaired) electrons. The number of nitrogens with zero attached hydrogens (tertiary/aromatic N) is 1. The molecule has 0 saturated heterocycles. The van der Waals surface area contributed by atoms with Crippen molar-refractivity contribution in [3.05, 3.63) is 35.9 Å². The third-order valence-corrected chi connectivity index (χ3v) is 3.80. The molecule has 0 spiro atoms. The van der Waals surface area contributed by atoms with E-state index in [1.165, 1.54) is 12.7 Å². The van der Waals surface area contributed by atoms with Gasteiger partial charge in [0.25, 0.3) is 0 Å². The number of guanidine groups is 1. The van der Waals surface area contributed by atoms with Gasteiger partial charge in [0.2, 0.25) is 0 Å². The molecule has 0 bridgehead atoms. The number of methoxy groups -OCH3 is 1. The Morgan fingerprint density at radius 1 is 1.17 bits per heavy atom. The lowest BCUT2D eigenvalue weighted by molar-refractivity contribution is -0.140. The molecule has 1 aromatic carbocycles. The first-order valence-electron chi connectivity index (χ1n) is 8.06. The van der Waals surface area contributed by atoms with Crippen molar-refractivity contribution in [2.45, 2.75) is 38.5 Å². The highest BCUT2D eigenvalue weighted by molar-refractivity contribution is 5.79. The number of hydrogen-bond acceptors (Lipinski definition) is 3. The molecule has 5 heteroatoms. The summed E-state index contributed by atoms with van der Waals surface area (Å²) >= 11 is 0. The fourth-order valence-electron chi connectivity index (χ4n) is 2.22. The highest BCUT2D eigenvalue weighted by atomic mass is 16.5. The lowest BCUT2D eigenvalue weighted by Crippen LogP contribution is -2.43. The quantitative estimate of drug-likeness (QED) is 0.334. The van der Waals surface area contributed by atoms with Gasteiger partial charge in [0, 0.05) is 32.0 Å². The highest BCUT2D eigenvalue weighted by Crippen LogP contribution is 2.21. The number of carbonyl (C=O) groups is 1. The summed E-state index contributed by atoms with van der Waals surface area (Å²) in [5.74, 6) is 0.629. The molecule has 0 aliphatic heterocycles. The minimum atomic E-state index is -0.155. The topological polar surface area (TPSA) is 62.7 Å². The average molecular weight is 319 g/mol. The Morgan fingerprint density at radius 2 is 1.87 bits per heavy atom. The molecule has 0 aromatic heterocycles. The van der Waals surface area contributed by atoms with Crippen molar-refractivity contribution in [3.63, 3.8) is 0 Å². The maximum absolute atomic E-state index is 11.0. The summed E-state index contributed by atoms with van der Waals surface area (Å²) in [4.78, 5) is 15.3. The zero-order valence-electron chi connectivity index (χ0n) is 14.7. The van der Waals surface area contributed by atoms with Gasteiger partial charge in [0.15, 0.2) is 5.96 Å². The van der Waals surface area contributed by atoms with Gasteiger partial charge in [0.1, 0.15) is 0 Å². The Balaban J connectivity index is 2.33. The van der Waals surface area contributed by atoms with Crippen molar-refractivity contribution in [2.75, 3.05) is 27.2 Å². The maximum Gasteiger partial charge on any atom is 0.305 e. The van der Waals surface area contributed by atoms with Gasteiger partial charge < -0.3 is 15.4 Å². The van der Waals surface area contributed by atoms with Gasteiger partial charge in [-0.25, -0.2) is 0 Å². The summed E-state index contributed by atoms with van der Waals surface area (Å²) in [6, 6.07) is 10.4. The van der Waals surface area contributed by atoms with Gasteiger partial charge in [-0.2, -0.15) is 0 Å². The van der Waals surface area contributed by atoms with Crippen molar-refractivity contribution in [2.24, 2.45) is 4.99 Å². The van der Waals surface area contributed by atoms with Crippen LogP contribution < -0.4 is 10.6 Å². The van der Waals surface area contributed by atoms with Gasteiger partial charge in [0.05, 0.1) is 7.11 Å². The van der Waals surface area contributed by atoms with Crippen molar-refractivity contribution in [3.8, 4) is 0 Å². The van der Waals surface area contributed by atoms with Crippen molar-refractivity contribution in [1.29, 1.82) is 0 Å². The maximum atomic E-state index is 11.0. The Labute approximate surface area is 139 Å². The molecular formula is C18H29N3O2. The monoisotopic (exact) mass is 319 g/mol. The normalized spacial score (nSPS) is 11.9. The first kappa shape index (κ1) is 19.0. The predicted molar refractivity (Wildman–Crippen MR) is 94.7 cm³/mol. The van der Waals surface area contributed by atoms with Crippen LogP contribution in [0, 0.1) is 0 Å². The molecule has 2 N–H and O–H groups in total. The Morgan fingerprint density at radius 3 is 2.48 bits per heavy atom. The lowest BCUT2D eigenvalue weighted by atomic mass is 9.85. The molecule has 1 rings (SSSR count). The second-order valence-corrected chi connectivity index (χ2v) is 6.14. The minimum Gasteiger partial charge on any atom is -0.469 e. The molecular weight excluding hydrogens is 290 g/mol. The third-order valence-electron chi connectivity index (χ3n) is 3.80. The molecule has 0 fully saturated rings. The molecule has 0 atom stereocenters. The van der Waals surface area contributed by atoms with E-state index in [0.717, 1.165) is 31.9 Å². The van der Waals surface area contributed by atoms with Gasteiger partial charge in [-0.15, -0.1) is 0 Å². The molecule has 128 valence electrons. The Bertz CT molecular complexity index is 498. The third kappa shape index (κ3) is 7.17. The van der Waals surface area contributed by atoms with Gasteiger partial charge in [-0.3, -0.25) is 9.79 Å². The van der Waals surface area contributed by atoms with Crippen LogP contribution in [0.1, 0.15) is 38.7 Å². The summed E-state index contributed by atoms with van der Waals surface area (Å²) in [5, 5.41) is 6.64. The van der Waals surface area contributed by atoms with Crippen LogP contribution in [-0.2, 0) is 14.9 Å². The van der Waals surface area contributed by atoms with E-state index >= 15 is 0 Å². The Kier molecular flexibility index (Phi) is 8.16. The fraction of sp³-hybridized carbons (Fsp3) is 0.556. The van der Waals surface area contributed by atoms with E-state index < -0.39 is 0 Å². The van der Waals surface area contributed by atoms with Crippen LogP contribution in [0.5, 0.6) is 0 Å². The van der Waals surface area contributed by atoms with E-state index in [2.05, 4.69) is 58.5 Å². The Hall–Kier alpha value is -2.04. The average Bonchev–Trinajstić information content (AvgIpc) is 2.57. The van der Waals surface area contributed by atoms with Crippen LogP contribution in [0.25, 0.3) is 0 Å². The minimum absolute atomic E-state index is 0.0176. The van der Waals surface area contributed by atoms with Gasteiger partial charge in [-0.1, -0.05) is 44.2 Å². The lowest BCUT2D eigenvalue weighted by Gasteiger charge is -2.26. The van der Waals surface area contributed by atoms with E-state index in [-0.39, 0.29) is 11.4 Å². The molecule has 5 nitrogen and oxygen atoms in total. The van der Waals surface area contributed by atoms with E-state index in [0.29, 0.717) is 6.42 Å². The number of esters is 1. The number of hydrogen-bond donors (Lipinski definition) is 2. The van der Waals surface area contributed by atoms with E-state index in [4.69, 9.17) is 0 Å². The number of carbonyl (C=O) groups excluding carboxylic acids is 1. The van der Waals surface area contributed by atoms with E-state index in [1.807, 2.05) is 6.07 Å². The van der Waals surface area contributed by atoms with E-state index in [1.54, 1.807) is 7.05 Å². The largest absolute Gasteiger partial charge is 0.469 e. The first-order valence-corrected chi connectivity index (χ1v) is 8.06.